The second-order valence-electron chi connectivity index (χ2n) is 8.33. The van der Waals surface area contributed by atoms with Crippen molar-refractivity contribution in [1.82, 2.24) is 15.2 Å². The van der Waals surface area contributed by atoms with E-state index >= 15 is 0 Å². The van der Waals surface area contributed by atoms with E-state index in [1.165, 1.54) is 17.8 Å². The van der Waals surface area contributed by atoms with Crippen LogP contribution in [-0.4, -0.2) is 47.9 Å². The van der Waals surface area contributed by atoms with Crippen LogP contribution in [-0.2, 0) is 16.0 Å². The van der Waals surface area contributed by atoms with Gasteiger partial charge in [0.25, 0.3) is 0 Å². The third kappa shape index (κ3) is 4.39. The van der Waals surface area contributed by atoms with Gasteiger partial charge in [-0.1, -0.05) is 20.8 Å². The molecule has 0 aliphatic carbocycles. The molecule has 0 bridgehead atoms. The summed E-state index contributed by atoms with van der Waals surface area (Å²) in [6, 6.07) is 0. The fourth-order valence-corrected chi connectivity index (χ4v) is 4.15. The number of rotatable bonds is 3. The molecule has 2 aliphatic rings. The molecule has 2 amide bonds. The number of likely N-dealkylation sites (tertiary alicyclic amines) is 1. The van der Waals surface area contributed by atoms with Crippen LogP contribution in [0, 0.1) is 10.8 Å². The summed E-state index contributed by atoms with van der Waals surface area (Å²) in [7, 11) is 0. The van der Waals surface area contributed by atoms with Crippen molar-refractivity contribution in [1.29, 1.82) is 0 Å². The average Bonchev–Trinajstić information content (AvgIpc) is 3.17. The van der Waals surface area contributed by atoms with Gasteiger partial charge in [-0.3, -0.25) is 9.59 Å². The fourth-order valence-electron chi connectivity index (χ4n) is 3.45. The molecule has 1 aromatic rings. The van der Waals surface area contributed by atoms with Gasteiger partial charge >= 0.3 is 0 Å². The van der Waals surface area contributed by atoms with Crippen molar-refractivity contribution in [3.05, 3.63) is 11.1 Å². The van der Waals surface area contributed by atoms with Gasteiger partial charge in [-0.05, 0) is 31.2 Å². The van der Waals surface area contributed by atoms with Crippen molar-refractivity contribution in [2.75, 3.05) is 31.5 Å². The van der Waals surface area contributed by atoms with Crippen LogP contribution < -0.4 is 10.6 Å². The Kier molecular flexibility index (Phi) is 5.16. The molecule has 138 valence electrons. The number of hydrogen-bond donors (Lipinski definition) is 2. The Hall–Kier alpha value is -1.47. The Balaban J connectivity index is 1.51. The summed E-state index contributed by atoms with van der Waals surface area (Å²) in [6.45, 7) is 9.49. The van der Waals surface area contributed by atoms with Gasteiger partial charge in [-0.2, -0.15) is 0 Å². The molecular weight excluding hydrogens is 336 g/mol. The SMILES string of the molecule is CC(C)(C)C(=O)Nc1nc(CC(=O)N2CCC3(CCNC3)CC2)cs1. The van der Waals surface area contributed by atoms with E-state index in [-0.39, 0.29) is 11.8 Å². The monoisotopic (exact) mass is 364 g/mol. The molecular formula is C18H28N4O2S. The summed E-state index contributed by atoms with van der Waals surface area (Å²) in [5, 5.41) is 8.70. The molecule has 2 aliphatic heterocycles. The van der Waals surface area contributed by atoms with Crippen LogP contribution in [0.1, 0.15) is 45.7 Å². The zero-order valence-electron chi connectivity index (χ0n) is 15.4. The van der Waals surface area contributed by atoms with Crippen LogP contribution in [0.2, 0.25) is 0 Å². The van der Waals surface area contributed by atoms with Crippen LogP contribution >= 0.6 is 11.3 Å². The molecule has 0 atom stereocenters. The molecule has 3 rings (SSSR count). The van der Waals surface area contributed by atoms with E-state index in [9.17, 15) is 9.59 Å². The molecule has 0 saturated carbocycles. The van der Waals surface area contributed by atoms with E-state index in [2.05, 4.69) is 15.6 Å². The van der Waals surface area contributed by atoms with Crippen LogP contribution in [0.25, 0.3) is 0 Å². The summed E-state index contributed by atoms with van der Waals surface area (Å²) in [4.78, 5) is 30.9. The van der Waals surface area contributed by atoms with Gasteiger partial charge in [0, 0.05) is 30.4 Å². The van der Waals surface area contributed by atoms with Gasteiger partial charge in [0.1, 0.15) is 0 Å². The maximum absolute atomic E-state index is 12.5. The van der Waals surface area contributed by atoms with Gasteiger partial charge in [-0.25, -0.2) is 4.98 Å². The van der Waals surface area contributed by atoms with Crippen LogP contribution in [0.15, 0.2) is 5.38 Å². The first-order valence-electron chi connectivity index (χ1n) is 9.02. The maximum atomic E-state index is 12.5. The van der Waals surface area contributed by atoms with Crippen molar-refractivity contribution < 1.29 is 9.59 Å². The lowest BCUT2D eigenvalue weighted by Gasteiger charge is -2.38. The highest BCUT2D eigenvalue weighted by Gasteiger charge is 2.38. The van der Waals surface area contributed by atoms with Crippen molar-refractivity contribution in [2.24, 2.45) is 10.8 Å². The zero-order valence-corrected chi connectivity index (χ0v) is 16.2. The second-order valence-corrected chi connectivity index (χ2v) is 9.19. The molecule has 3 heterocycles. The number of carbonyl (C=O) groups excluding carboxylic acids is 2. The lowest BCUT2D eigenvalue weighted by atomic mass is 9.78. The lowest BCUT2D eigenvalue weighted by molar-refractivity contribution is -0.132. The number of nitrogens with zero attached hydrogens (tertiary/aromatic N) is 2. The third-order valence-corrected chi connectivity index (χ3v) is 6.10. The quantitative estimate of drug-likeness (QED) is 0.863. The number of carbonyl (C=O) groups is 2. The first-order chi connectivity index (χ1) is 11.8. The molecule has 2 N–H and O–H groups in total. The highest BCUT2D eigenvalue weighted by atomic mass is 32.1. The number of hydrogen-bond acceptors (Lipinski definition) is 5. The Morgan fingerprint density at radius 2 is 2.04 bits per heavy atom. The highest BCUT2D eigenvalue weighted by molar-refractivity contribution is 7.13. The molecule has 25 heavy (non-hydrogen) atoms. The minimum absolute atomic E-state index is 0.0637. The Bertz CT molecular complexity index is 634. The number of nitrogens with one attached hydrogen (secondary N) is 2. The summed E-state index contributed by atoms with van der Waals surface area (Å²) in [5.74, 6) is 0.0750. The number of aromatic nitrogens is 1. The molecule has 1 aromatic heterocycles. The largest absolute Gasteiger partial charge is 0.342 e. The Morgan fingerprint density at radius 1 is 1.32 bits per heavy atom. The van der Waals surface area contributed by atoms with Crippen LogP contribution in [0.5, 0.6) is 0 Å². The van der Waals surface area contributed by atoms with E-state index in [1.54, 1.807) is 0 Å². The van der Waals surface area contributed by atoms with Crippen molar-refractivity contribution >= 4 is 28.3 Å². The van der Waals surface area contributed by atoms with E-state index in [4.69, 9.17) is 0 Å². The van der Waals surface area contributed by atoms with Crippen molar-refractivity contribution in [3.63, 3.8) is 0 Å². The van der Waals surface area contributed by atoms with Crippen molar-refractivity contribution in [2.45, 2.75) is 46.5 Å². The van der Waals surface area contributed by atoms with E-state index < -0.39 is 5.41 Å². The summed E-state index contributed by atoms with van der Waals surface area (Å²) >= 11 is 1.38. The van der Waals surface area contributed by atoms with Crippen LogP contribution in [0.3, 0.4) is 0 Å². The van der Waals surface area contributed by atoms with Crippen molar-refractivity contribution in [3.8, 4) is 0 Å². The van der Waals surface area contributed by atoms with Gasteiger partial charge in [0.2, 0.25) is 11.8 Å². The average molecular weight is 365 g/mol. The molecule has 1 spiro atoms. The number of anilines is 1. The minimum Gasteiger partial charge on any atom is -0.342 e. The molecule has 0 radical (unpaired) electrons. The zero-order chi connectivity index (χ0) is 18.1. The third-order valence-electron chi connectivity index (χ3n) is 5.29. The molecule has 2 saturated heterocycles. The minimum atomic E-state index is -0.458. The first-order valence-corrected chi connectivity index (χ1v) is 9.90. The molecule has 6 nitrogen and oxygen atoms in total. The summed E-state index contributed by atoms with van der Waals surface area (Å²) in [5.41, 5.74) is 0.699. The number of thiazole rings is 1. The van der Waals surface area contributed by atoms with E-state index in [0.29, 0.717) is 17.0 Å². The fraction of sp³-hybridized carbons (Fsp3) is 0.722. The first kappa shape index (κ1) is 18.3. The molecule has 0 unspecified atom stereocenters. The Morgan fingerprint density at radius 3 is 2.64 bits per heavy atom. The second kappa shape index (κ2) is 7.03. The normalized spacial score (nSPS) is 20.0. The van der Waals surface area contributed by atoms with Gasteiger partial charge in [0.05, 0.1) is 12.1 Å². The highest BCUT2D eigenvalue weighted by Crippen LogP contribution is 2.37. The van der Waals surface area contributed by atoms with Crippen LogP contribution in [0.4, 0.5) is 5.13 Å². The van der Waals surface area contributed by atoms with Gasteiger partial charge in [0.15, 0.2) is 5.13 Å². The van der Waals surface area contributed by atoms with E-state index in [1.807, 2.05) is 31.1 Å². The predicted octanol–water partition coefficient (Wildman–Crippen LogP) is 2.27. The Labute approximate surface area is 153 Å². The topological polar surface area (TPSA) is 74.3 Å². The maximum Gasteiger partial charge on any atom is 0.231 e. The lowest BCUT2D eigenvalue weighted by Crippen LogP contribution is -2.44. The standard InChI is InChI=1S/C18H28N4O2S/c1-17(2,3)15(24)21-16-20-13(11-25-16)10-14(23)22-8-5-18(6-9-22)4-7-19-12-18/h11,19H,4-10,12H2,1-3H3,(H,20,21,24). The molecule has 2 fully saturated rings. The smallest absolute Gasteiger partial charge is 0.231 e. The summed E-state index contributed by atoms with van der Waals surface area (Å²) in [6.07, 6.45) is 3.73. The molecule has 0 aromatic carbocycles. The number of piperidine rings is 1. The predicted molar refractivity (Wildman–Crippen MR) is 99.6 cm³/mol. The summed E-state index contributed by atoms with van der Waals surface area (Å²) < 4.78 is 0. The number of amides is 2. The van der Waals surface area contributed by atoms with E-state index in [0.717, 1.165) is 44.7 Å². The molecule has 7 heteroatoms. The van der Waals surface area contributed by atoms with Gasteiger partial charge in [-0.15, -0.1) is 11.3 Å². The van der Waals surface area contributed by atoms with Gasteiger partial charge < -0.3 is 15.5 Å².